The van der Waals surface area contributed by atoms with Crippen molar-refractivity contribution in [2.75, 3.05) is 13.2 Å². The third-order valence-corrected chi connectivity index (χ3v) is 3.71. The minimum absolute atomic E-state index is 0.0872. The van der Waals surface area contributed by atoms with Crippen LogP contribution < -0.4 is 5.32 Å². The summed E-state index contributed by atoms with van der Waals surface area (Å²) >= 11 is 0. The Kier molecular flexibility index (Phi) is 4.40. The fourth-order valence-corrected chi connectivity index (χ4v) is 2.80. The van der Waals surface area contributed by atoms with Crippen LogP contribution in [0.4, 0.5) is 0 Å². The third kappa shape index (κ3) is 2.75. The van der Waals surface area contributed by atoms with Gasteiger partial charge in [-0.1, -0.05) is 13.8 Å². The minimum atomic E-state index is -0.0872. The number of likely N-dealkylation sites (N-methyl/N-ethyl adjacent to an activating group) is 1. The lowest BCUT2D eigenvalue weighted by Crippen LogP contribution is -2.41. The first-order valence-corrected chi connectivity index (χ1v) is 7.09. The fourth-order valence-electron chi connectivity index (χ4n) is 2.80. The van der Waals surface area contributed by atoms with E-state index < -0.39 is 0 Å². The summed E-state index contributed by atoms with van der Waals surface area (Å²) in [6, 6.07) is 0.246. The van der Waals surface area contributed by atoms with E-state index in [1.807, 2.05) is 10.9 Å². The topological polar surface area (TPSA) is 39.1 Å². The number of hydrogen-bond donors (Lipinski definition) is 1. The molecule has 0 bridgehead atoms. The Morgan fingerprint density at radius 3 is 3.00 bits per heavy atom. The van der Waals surface area contributed by atoms with Gasteiger partial charge in [0.05, 0.1) is 17.8 Å². The summed E-state index contributed by atoms with van der Waals surface area (Å²) in [7, 11) is 0. The second-order valence-corrected chi connectivity index (χ2v) is 5.29. The molecular weight excluding hydrogens is 226 g/mol. The lowest BCUT2D eigenvalue weighted by Gasteiger charge is -2.33. The van der Waals surface area contributed by atoms with Crippen molar-refractivity contribution < 1.29 is 4.74 Å². The van der Waals surface area contributed by atoms with Crippen LogP contribution in [0.5, 0.6) is 0 Å². The van der Waals surface area contributed by atoms with Gasteiger partial charge in [-0.05, 0) is 32.7 Å². The van der Waals surface area contributed by atoms with Gasteiger partial charge in [-0.3, -0.25) is 4.68 Å². The molecule has 0 amide bonds. The van der Waals surface area contributed by atoms with Gasteiger partial charge in [0.1, 0.15) is 0 Å². The molecule has 0 spiro atoms. The highest BCUT2D eigenvalue weighted by Crippen LogP contribution is 2.37. The second-order valence-electron chi connectivity index (χ2n) is 5.29. The molecule has 18 heavy (non-hydrogen) atoms. The molecule has 2 heterocycles. The summed E-state index contributed by atoms with van der Waals surface area (Å²) in [5.74, 6) is 0. The van der Waals surface area contributed by atoms with Gasteiger partial charge in [0.15, 0.2) is 0 Å². The molecule has 1 aliphatic rings. The minimum Gasteiger partial charge on any atom is -0.373 e. The van der Waals surface area contributed by atoms with Gasteiger partial charge < -0.3 is 10.1 Å². The molecule has 1 aliphatic heterocycles. The van der Waals surface area contributed by atoms with E-state index in [4.69, 9.17) is 4.74 Å². The van der Waals surface area contributed by atoms with Crippen LogP contribution in [0.25, 0.3) is 0 Å². The lowest BCUT2D eigenvalue weighted by molar-refractivity contribution is -0.0121. The van der Waals surface area contributed by atoms with E-state index in [9.17, 15) is 0 Å². The average Bonchev–Trinajstić information content (AvgIpc) is 2.97. The number of rotatable bonds is 6. The van der Waals surface area contributed by atoms with Crippen LogP contribution in [-0.2, 0) is 11.3 Å². The standard InChI is InChI=1S/C14H25N3O/c1-4-8-17-11-12(10-16-17)13(15-5-2)14(3)7-6-9-18-14/h10-11,13,15H,4-9H2,1-3H3. The molecule has 1 aromatic rings. The van der Waals surface area contributed by atoms with Gasteiger partial charge >= 0.3 is 0 Å². The molecule has 2 unspecified atom stereocenters. The summed E-state index contributed by atoms with van der Waals surface area (Å²) in [5, 5.41) is 7.99. The summed E-state index contributed by atoms with van der Waals surface area (Å²) < 4.78 is 8.01. The van der Waals surface area contributed by atoms with Crippen LogP contribution in [0.15, 0.2) is 12.4 Å². The Morgan fingerprint density at radius 2 is 2.39 bits per heavy atom. The third-order valence-electron chi connectivity index (χ3n) is 3.71. The predicted octanol–water partition coefficient (Wildman–Crippen LogP) is 2.51. The first kappa shape index (κ1) is 13.6. The van der Waals surface area contributed by atoms with Crippen molar-refractivity contribution in [3.63, 3.8) is 0 Å². The zero-order valence-electron chi connectivity index (χ0n) is 11.8. The van der Waals surface area contributed by atoms with E-state index in [1.54, 1.807) is 0 Å². The van der Waals surface area contributed by atoms with Crippen molar-refractivity contribution in [3.05, 3.63) is 18.0 Å². The van der Waals surface area contributed by atoms with E-state index >= 15 is 0 Å². The van der Waals surface area contributed by atoms with Gasteiger partial charge in [0.2, 0.25) is 0 Å². The summed E-state index contributed by atoms with van der Waals surface area (Å²) in [6.07, 6.45) is 7.52. The molecule has 102 valence electrons. The van der Waals surface area contributed by atoms with Crippen LogP contribution in [-0.4, -0.2) is 28.5 Å². The number of aryl methyl sites for hydroxylation is 1. The normalized spacial score (nSPS) is 25.5. The van der Waals surface area contributed by atoms with Crippen LogP contribution >= 0.6 is 0 Å². The van der Waals surface area contributed by atoms with Crippen LogP contribution in [0.2, 0.25) is 0 Å². The Bertz CT molecular complexity index is 369. The molecule has 1 N–H and O–H groups in total. The lowest BCUT2D eigenvalue weighted by atomic mass is 9.89. The molecule has 2 rings (SSSR count). The number of nitrogens with zero attached hydrogens (tertiary/aromatic N) is 2. The van der Waals surface area contributed by atoms with Gasteiger partial charge in [-0.25, -0.2) is 0 Å². The number of hydrogen-bond acceptors (Lipinski definition) is 3. The predicted molar refractivity (Wildman–Crippen MR) is 72.5 cm³/mol. The smallest absolute Gasteiger partial charge is 0.0850 e. The number of nitrogens with one attached hydrogen (secondary N) is 1. The summed E-state index contributed by atoms with van der Waals surface area (Å²) in [6.45, 7) is 9.33. The zero-order valence-corrected chi connectivity index (χ0v) is 11.8. The van der Waals surface area contributed by atoms with Gasteiger partial charge in [0.25, 0.3) is 0 Å². The van der Waals surface area contributed by atoms with Crippen LogP contribution in [0.1, 0.15) is 51.6 Å². The Hall–Kier alpha value is -0.870. The number of aromatic nitrogens is 2. The molecule has 1 aromatic heterocycles. The second kappa shape index (κ2) is 5.85. The van der Waals surface area contributed by atoms with Crippen molar-refractivity contribution in [2.24, 2.45) is 0 Å². The maximum atomic E-state index is 5.98. The van der Waals surface area contributed by atoms with Crippen molar-refractivity contribution in [1.82, 2.24) is 15.1 Å². The van der Waals surface area contributed by atoms with E-state index in [0.29, 0.717) is 0 Å². The van der Waals surface area contributed by atoms with Crippen LogP contribution in [0, 0.1) is 0 Å². The van der Waals surface area contributed by atoms with E-state index in [2.05, 4.69) is 37.4 Å². The molecule has 1 saturated heterocycles. The highest BCUT2D eigenvalue weighted by atomic mass is 16.5. The van der Waals surface area contributed by atoms with E-state index in [-0.39, 0.29) is 11.6 Å². The van der Waals surface area contributed by atoms with Crippen molar-refractivity contribution >= 4 is 0 Å². The SMILES string of the molecule is CCCn1cc(C(NCC)C2(C)CCCO2)cn1. The molecule has 1 fully saturated rings. The molecule has 4 nitrogen and oxygen atoms in total. The van der Waals surface area contributed by atoms with Gasteiger partial charge in [-0.2, -0.15) is 5.10 Å². The number of ether oxygens (including phenoxy) is 1. The molecule has 0 radical (unpaired) electrons. The first-order valence-electron chi connectivity index (χ1n) is 7.09. The molecule has 4 heteroatoms. The van der Waals surface area contributed by atoms with Gasteiger partial charge in [0, 0.05) is 24.9 Å². The zero-order chi connectivity index (χ0) is 13.0. The average molecular weight is 251 g/mol. The maximum Gasteiger partial charge on any atom is 0.0850 e. The molecule has 0 aliphatic carbocycles. The van der Waals surface area contributed by atoms with E-state index in [0.717, 1.165) is 39.0 Å². The quantitative estimate of drug-likeness (QED) is 0.844. The Balaban J connectivity index is 2.17. The monoisotopic (exact) mass is 251 g/mol. The fraction of sp³-hybridized carbons (Fsp3) is 0.786. The summed E-state index contributed by atoms with van der Waals surface area (Å²) in [5.41, 5.74) is 1.16. The first-order chi connectivity index (χ1) is 8.69. The highest BCUT2D eigenvalue weighted by molar-refractivity contribution is 5.16. The molecule has 0 aromatic carbocycles. The molecule has 2 atom stereocenters. The highest BCUT2D eigenvalue weighted by Gasteiger charge is 2.39. The largest absolute Gasteiger partial charge is 0.373 e. The van der Waals surface area contributed by atoms with Crippen LogP contribution in [0.3, 0.4) is 0 Å². The molecule has 0 saturated carbocycles. The van der Waals surface area contributed by atoms with E-state index in [1.165, 1.54) is 5.56 Å². The Labute approximate surface area is 110 Å². The van der Waals surface area contributed by atoms with Crippen molar-refractivity contribution in [2.45, 2.75) is 58.2 Å². The molecular formula is C14H25N3O. The van der Waals surface area contributed by atoms with Gasteiger partial charge in [-0.15, -0.1) is 0 Å². The maximum absolute atomic E-state index is 5.98. The summed E-state index contributed by atoms with van der Waals surface area (Å²) in [4.78, 5) is 0. The van der Waals surface area contributed by atoms with Crippen molar-refractivity contribution in [1.29, 1.82) is 0 Å². The Morgan fingerprint density at radius 1 is 1.56 bits per heavy atom. The van der Waals surface area contributed by atoms with Crippen molar-refractivity contribution in [3.8, 4) is 0 Å².